The van der Waals surface area contributed by atoms with Crippen LogP contribution in [0.2, 0.25) is 0 Å². The molecule has 1 amide bonds. The molecule has 15 heavy (non-hydrogen) atoms. The van der Waals surface area contributed by atoms with Crippen molar-refractivity contribution in [2.45, 2.75) is 32.9 Å². The van der Waals surface area contributed by atoms with Crippen molar-refractivity contribution in [3.63, 3.8) is 0 Å². The zero-order valence-corrected chi connectivity index (χ0v) is 10.1. The Balaban J connectivity index is 2.39. The molecule has 0 saturated heterocycles. The molecule has 4 nitrogen and oxygen atoms in total. The lowest BCUT2D eigenvalue weighted by Gasteiger charge is -2.10. The van der Waals surface area contributed by atoms with Crippen LogP contribution in [-0.2, 0) is 17.8 Å². The normalized spacial score (nSPS) is 12.5. The van der Waals surface area contributed by atoms with Gasteiger partial charge < -0.3 is 10.6 Å². The van der Waals surface area contributed by atoms with Crippen molar-refractivity contribution in [1.29, 1.82) is 0 Å². The van der Waals surface area contributed by atoms with Crippen molar-refractivity contribution >= 4 is 17.2 Å². The van der Waals surface area contributed by atoms with Crippen molar-refractivity contribution in [3.05, 3.63) is 16.1 Å². The van der Waals surface area contributed by atoms with Crippen molar-refractivity contribution in [1.82, 2.24) is 15.6 Å². The summed E-state index contributed by atoms with van der Waals surface area (Å²) in [6, 6.07) is -0.179. The van der Waals surface area contributed by atoms with Gasteiger partial charge in [0, 0.05) is 19.0 Å². The van der Waals surface area contributed by atoms with Gasteiger partial charge in [0.2, 0.25) is 5.91 Å². The average molecular weight is 227 g/mol. The molecule has 0 spiro atoms. The van der Waals surface area contributed by atoms with Gasteiger partial charge in [0.1, 0.15) is 0 Å². The second-order valence-electron chi connectivity index (χ2n) is 3.30. The van der Waals surface area contributed by atoms with Crippen LogP contribution in [0.4, 0.5) is 0 Å². The molecule has 0 saturated carbocycles. The number of nitrogens with one attached hydrogen (secondary N) is 2. The SMILES string of the molecule is CCc1nc(CN[C@H](C)C(=O)NC)cs1. The third-order valence-electron chi connectivity index (χ3n) is 2.13. The van der Waals surface area contributed by atoms with E-state index in [4.69, 9.17) is 0 Å². The quantitative estimate of drug-likeness (QED) is 0.787. The molecule has 2 N–H and O–H groups in total. The van der Waals surface area contributed by atoms with E-state index in [2.05, 4.69) is 22.5 Å². The maximum absolute atomic E-state index is 11.2. The highest BCUT2D eigenvalue weighted by Gasteiger charge is 2.10. The number of nitrogens with zero attached hydrogens (tertiary/aromatic N) is 1. The Morgan fingerprint density at radius 2 is 2.40 bits per heavy atom. The third-order valence-corrected chi connectivity index (χ3v) is 3.17. The molecule has 1 rings (SSSR count). The minimum atomic E-state index is -0.179. The summed E-state index contributed by atoms with van der Waals surface area (Å²) in [6.45, 7) is 4.57. The van der Waals surface area contributed by atoms with Crippen LogP contribution in [0.15, 0.2) is 5.38 Å². The molecule has 5 heteroatoms. The molecule has 1 aromatic heterocycles. The van der Waals surface area contributed by atoms with Gasteiger partial charge in [-0.15, -0.1) is 11.3 Å². The van der Waals surface area contributed by atoms with E-state index in [9.17, 15) is 4.79 Å². The summed E-state index contributed by atoms with van der Waals surface area (Å²) in [6.07, 6.45) is 0.968. The first-order valence-corrected chi connectivity index (χ1v) is 5.93. The fourth-order valence-electron chi connectivity index (χ4n) is 1.16. The van der Waals surface area contributed by atoms with Gasteiger partial charge in [-0.2, -0.15) is 0 Å². The number of carbonyl (C=O) groups excluding carboxylic acids is 1. The fraction of sp³-hybridized carbons (Fsp3) is 0.600. The van der Waals surface area contributed by atoms with Gasteiger partial charge in [-0.25, -0.2) is 4.98 Å². The number of rotatable bonds is 5. The first-order chi connectivity index (χ1) is 7.17. The van der Waals surface area contributed by atoms with E-state index in [1.807, 2.05) is 12.3 Å². The predicted molar refractivity (Wildman–Crippen MR) is 61.9 cm³/mol. The molecule has 0 radical (unpaired) electrons. The summed E-state index contributed by atoms with van der Waals surface area (Å²) >= 11 is 1.66. The highest BCUT2D eigenvalue weighted by Crippen LogP contribution is 2.09. The molecule has 0 aliphatic rings. The van der Waals surface area contributed by atoms with Gasteiger partial charge in [0.15, 0.2) is 0 Å². The first kappa shape index (κ1) is 12.1. The topological polar surface area (TPSA) is 54.0 Å². The maximum Gasteiger partial charge on any atom is 0.236 e. The first-order valence-electron chi connectivity index (χ1n) is 5.05. The number of aromatic nitrogens is 1. The molecule has 0 bridgehead atoms. The Labute approximate surface area is 94.1 Å². The highest BCUT2D eigenvalue weighted by molar-refractivity contribution is 7.09. The summed E-state index contributed by atoms with van der Waals surface area (Å²) in [5, 5.41) is 8.89. The second kappa shape index (κ2) is 5.82. The molecule has 84 valence electrons. The molecular weight excluding hydrogens is 210 g/mol. The smallest absolute Gasteiger partial charge is 0.236 e. The van der Waals surface area contributed by atoms with E-state index in [1.165, 1.54) is 0 Å². The van der Waals surface area contributed by atoms with Crippen molar-refractivity contribution in [2.75, 3.05) is 7.05 Å². The van der Waals surface area contributed by atoms with E-state index in [0.717, 1.165) is 17.1 Å². The van der Waals surface area contributed by atoms with E-state index in [1.54, 1.807) is 18.4 Å². The number of likely N-dealkylation sites (N-methyl/N-ethyl adjacent to an activating group) is 1. The Hall–Kier alpha value is -0.940. The van der Waals surface area contributed by atoms with Crippen LogP contribution in [0.1, 0.15) is 24.5 Å². The van der Waals surface area contributed by atoms with Crippen LogP contribution >= 0.6 is 11.3 Å². The third kappa shape index (κ3) is 3.60. The Kier molecular flexibility index (Phi) is 4.71. The van der Waals surface area contributed by atoms with Crippen LogP contribution in [0, 0.1) is 0 Å². The summed E-state index contributed by atoms with van der Waals surface area (Å²) in [5.74, 6) is 0.000875. The fourth-order valence-corrected chi connectivity index (χ4v) is 1.90. The Morgan fingerprint density at radius 3 is 2.93 bits per heavy atom. The monoisotopic (exact) mass is 227 g/mol. The number of carbonyl (C=O) groups is 1. The van der Waals surface area contributed by atoms with Gasteiger partial charge in [0.05, 0.1) is 16.7 Å². The Bertz CT molecular complexity index is 324. The second-order valence-corrected chi connectivity index (χ2v) is 4.25. The van der Waals surface area contributed by atoms with Gasteiger partial charge in [-0.05, 0) is 13.3 Å². The van der Waals surface area contributed by atoms with Gasteiger partial charge in [-0.1, -0.05) is 6.92 Å². The zero-order valence-electron chi connectivity index (χ0n) is 9.33. The van der Waals surface area contributed by atoms with Gasteiger partial charge >= 0.3 is 0 Å². The van der Waals surface area contributed by atoms with E-state index < -0.39 is 0 Å². The van der Waals surface area contributed by atoms with Crippen LogP contribution in [0.25, 0.3) is 0 Å². The van der Waals surface area contributed by atoms with Crippen LogP contribution in [0.3, 0.4) is 0 Å². The summed E-state index contributed by atoms with van der Waals surface area (Å²) < 4.78 is 0. The number of hydrogen-bond donors (Lipinski definition) is 2. The number of thiazole rings is 1. The van der Waals surface area contributed by atoms with Crippen LogP contribution in [0.5, 0.6) is 0 Å². The van der Waals surface area contributed by atoms with Crippen LogP contribution in [-0.4, -0.2) is 24.0 Å². The van der Waals surface area contributed by atoms with Crippen molar-refractivity contribution in [2.24, 2.45) is 0 Å². The zero-order chi connectivity index (χ0) is 11.3. The van der Waals surface area contributed by atoms with E-state index in [0.29, 0.717) is 6.54 Å². The van der Waals surface area contributed by atoms with Gasteiger partial charge in [0.25, 0.3) is 0 Å². The molecular formula is C10H17N3OS. The number of amides is 1. The van der Waals surface area contributed by atoms with Crippen molar-refractivity contribution in [3.8, 4) is 0 Å². The minimum absolute atomic E-state index is 0.000875. The molecule has 0 aliphatic heterocycles. The largest absolute Gasteiger partial charge is 0.358 e. The lowest BCUT2D eigenvalue weighted by atomic mass is 10.3. The minimum Gasteiger partial charge on any atom is -0.358 e. The number of aryl methyl sites for hydroxylation is 1. The Morgan fingerprint density at radius 1 is 1.67 bits per heavy atom. The van der Waals surface area contributed by atoms with E-state index in [-0.39, 0.29) is 11.9 Å². The lowest BCUT2D eigenvalue weighted by Crippen LogP contribution is -2.40. The molecule has 1 atom stereocenters. The lowest BCUT2D eigenvalue weighted by molar-refractivity contribution is -0.122. The number of hydrogen-bond acceptors (Lipinski definition) is 4. The summed E-state index contributed by atoms with van der Waals surface area (Å²) in [5.41, 5.74) is 1.01. The maximum atomic E-state index is 11.2. The molecule has 0 fully saturated rings. The van der Waals surface area contributed by atoms with E-state index >= 15 is 0 Å². The molecule has 1 aromatic rings. The summed E-state index contributed by atoms with van der Waals surface area (Å²) in [4.78, 5) is 15.6. The molecule has 1 heterocycles. The van der Waals surface area contributed by atoms with Gasteiger partial charge in [-0.3, -0.25) is 4.79 Å². The highest BCUT2D eigenvalue weighted by atomic mass is 32.1. The van der Waals surface area contributed by atoms with Crippen molar-refractivity contribution < 1.29 is 4.79 Å². The van der Waals surface area contributed by atoms with Crippen LogP contribution < -0.4 is 10.6 Å². The molecule has 0 aliphatic carbocycles. The standard InChI is InChI=1S/C10H17N3OS/c1-4-9-13-8(6-15-9)5-12-7(2)10(14)11-3/h6-7,12H,4-5H2,1-3H3,(H,11,14)/t7-/m1/s1. The predicted octanol–water partition coefficient (Wildman–Crippen LogP) is 0.930. The molecule has 0 unspecified atom stereocenters. The average Bonchev–Trinajstić information content (AvgIpc) is 2.72. The molecule has 0 aromatic carbocycles. The summed E-state index contributed by atoms with van der Waals surface area (Å²) in [7, 11) is 1.64.